The number of nitrogen functional groups attached to an aromatic ring is 2. The predicted octanol–water partition coefficient (Wildman–Crippen LogP) is 2.98. The Hall–Kier alpha value is -3.38. The number of hydrogen-bond donors (Lipinski definition) is 3. The summed E-state index contributed by atoms with van der Waals surface area (Å²) in [5.41, 5.74) is 14.9. The number of hydrogen-bond acceptors (Lipinski definition) is 14. The number of aromatic nitrogens is 4. The van der Waals surface area contributed by atoms with Crippen molar-refractivity contribution in [2.75, 3.05) is 74.7 Å². The molecule has 0 amide bonds. The third kappa shape index (κ3) is 5.43. The number of likely N-dealkylation sites (N-methyl/N-ethyl adjacent to an activating group) is 1. The van der Waals surface area contributed by atoms with Crippen molar-refractivity contribution < 1.29 is 4.74 Å². The Morgan fingerprint density at radius 1 is 1.26 bits per heavy atom. The van der Waals surface area contributed by atoms with Crippen LogP contribution in [0.15, 0.2) is 18.3 Å². The summed E-state index contributed by atoms with van der Waals surface area (Å²) in [5.74, 6) is 2.44. The predicted molar refractivity (Wildman–Crippen MR) is 173 cm³/mol. The summed E-state index contributed by atoms with van der Waals surface area (Å²) >= 11 is 3.41. The van der Waals surface area contributed by atoms with E-state index in [2.05, 4.69) is 59.0 Å². The van der Waals surface area contributed by atoms with E-state index in [0.717, 1.165) is 42.8 Å². The molecule has 0 saturated carbocycles. The highest BCUT2D eigenvalue weighted by Gasteiger charge is 2.53. The number of thioether (sulfide) groups is 1. The van der Waals surface area contributed by atoms with Crippen molar-refractivity contribution in [2.45, 2.75) is 48.8 Å². The maximum absolute atomic E-state index is 9.83. The topological polar surface area (TPSA) is 158 Å². The van der Waals surface area contributed by atoms with Crippen LogP contribution in [-0.4, -0.2) is 83.8 Å². The number of rotatable bonds is 10. The quantitative estimate of drug-likeness (QED) is 0.304. The molecule has 43 heavy (non-hydrogen) atoms. The van der Waals surface area contributed by atoms with Gasteiger partial charge in [0.05, 0.1) is 21.9 Å². The van der Waals surface area contributed by atoms with Crippen LogP contribution in [0.1, 0.15) is 54.3 Å². The summed E-state index contributed by atoms with van der Waals surface area (Å²) < 4.78 is 6.22. The van der Waals surface area contributed by atoms with Gasteiger partial charge in [0, 0.05) is 54.1 Å². The highest BCUT2D eigenvalue weighted by Crippen LogP contribution is 2.57. The third-order valence-electron chi connectivity index (χ3n) is 8.64. The van der Waals surface area contributed by atoms with Gasteiger partial charge >= 0.3 is 6.01 Å². The highest BCUT2D eigenvalue weighted by molar-refractivity contribution is 8.00. The fourth-order valence-electron chi connectivity index (χ4n) is 6.62. The van der Waals surface area contributed by atoms with Crippen LogP contribution in [-0.2, 0) is 10.5 Å². The lowest BCUT2D eigenvalue weighted by atomic mass is 9.88. The Kier molecular flexibility index (Phi) is 8.01. The Morgan fingerprint density at radius 2 is 2.07 bits per heavy atom. The standard InChI is InChI=1S/C29H39N11OS2/c1-5-40(18(2)19-8-6-10-33-23(19)31)26-35-25(36-27(37-26)41-17-28(14-38(3)4)9-7-11-34-28)39-15-29(16-39)22-20(12-30)24(32)43-21(22)13-42-29/h6,8,10,18,34H,5,7,9,11,13-17,32H2,1-4H3,(H2,31,33)/t18-,28?/m1/s1. The van der Waals surface area contributed by atoms with Gasteiger partial charge in [-0.25, -0.2) is 4.98 Å². The molecule has 3 aromatic rings. The van der Waals surface area contributed by atoms with Crippen molar-refractivity contribution in [3.05, 3.63) is 39.9 Å². The fraction of sp³-hybridized carbons (Fsp3) is 0.552. The van der Waals surface area contributed by atoms with E-state index in [1.807, 2.05) is 23.9 Å². The third-order valence-corrected chi connectivity index (χ3v) is 11.3. The molecular formula is C29H39N11OS2. The fourth-order valence-corrected chi connectivity index (χ4v) is 9.43. The number of nitrogens with one attached hydrogen (secondary N) is 1. The minimum atomic E-state index is -0.187. The zero-order valence-corrected chi connectivity index (χ0v) is 26.8. The van der Waals surface area contributed by atoms with Crippen LogP contribution in [0.3, 0.4) is 0 Å². The van der Waals surface area contributed by atoms with Crippen LogP contribution in [0.2, 0.25) is 0 Å². The average Bonchev–Trinajstić information content (AvgIpc) is 3.65. The van der Waals surface area contributed by atoms with Crippen molar-refractivity contribution in [1.29, 1.82) is 5.26 Å². The van der Waals surface area contributed by atoms with Crippen molar-refractivity contribution >= 4 is 45.8 Å². The van der Waals surface area contributed by atoms with E-state index in [0.29, 0.717) is 60.5 Å². The van der Waals surface area contributed by atoms with E-state index in [-0.39, 0.29) is 16.3 Å². The molecule has 3 aliphatic heterocycles. The molecule has 6 heterocycles. The first-order valence-corrected chi connectivity index (χ1v) is 16.4. The molecule has 0 aliphatic carbocycles. The van der Waals surface area contributed by atoms with Crippen molar-refractivity contribution in [1.82, 2.24) is 30.2 Å². The van der Waals surface area contributed by atoms with Crippen LogP contribution >= 0.6 is 23.1 Å². The van der Waals surface area contributed by atoms with Crippen LogP contribution in [0.4, 0.5) is 22.7 Å². The largest absolute Gasteiger partial charge is 0.461 e. The molecule has 2 fully saturated rings. The van der Waals surface area contributed by atoms with Gasteiger partial charge in [-0.15, -0.1) is 23.1 Å². The smallest absolute Gasteiger partial charge is 0.323 e. The molecule has 1 unspecified atom stereocenters. The van der Waals surface area contributed by atoms with Gasteiger partial charge in [0.25, 0.3) is 0 Å². The first-order valence-electron chi connectivity index (χ1n) is 14.6. The maximum Gasteiger partial charge on any atom is 0.323 e. The number of pyridine rings is 1. The summed E-state index contributed by atoms with van der Waals surface area (Å²) in [4.78, 5) is 26.6. The first kappa shape index (κ1) is 29.7. The van der Waals surface area contributed by atoms with Gasteiger partial charge in [0.2, 0.25) is 11.9 Å². The maximum atomic E-state index is 9.83. The zero-order chi connectivity index (χ0) is 30.4. The lowest BCUT2D eigenvalue weighted by Crippen LogP contribution is -2.57. The summed E-state index contributed by atoms with van der Waals surface area (Å²) in [7, 11) is 4.16. The van der Waals surface area contributed by atoms with E-state index in [4.69, 9.17) is 31.2 Å². The molecule has 2 atom stereocenters. The van der Waals surface area contributed by atoms with Gasteiger partial charge in [0.1, 0.15) is 23.5 Å². The van der Waals surface area contributed by atoms with Crippen LogP contribution < -0.4 is 31.3 Å². The average molecular weight is 622 g/mol. The van der Waals surface area contributed by atoms with E-state index in [1.54, 1.807) is 6.20 Å². The Bertz CT molecular complexity index is 1530. The monoisotopic (exact) mass is 621 g/mol. The molecule has 14 heteroatoms. The number of nitriles is 1. The number of ether oxygens (including phenoxy) is 1. The second-order valence-electron chi connectivity index (χ2n) is 11.9. The molecule has 228 valence electrons. The summed E-state index contributed by atoms with van der Waals surface area (Å²) in [5, 5.41) is 14.1. The van der Waals surface area contributed by atoms with Gasteiger partial charge in [-0.2, -0.15) is 20.2 Å². The number of thiophene rings is 1. The Balaban J connectivity index is 1.32. The van der Waals surface area contributed by atoms with Crippen LogP contribution in [0.25, 0.3) is 0 Å². The molecule has 5 N–H and O–H groups in total. The van der Waals surface area contributed by atoms with Gasteiger partial charge in [0.15, 0.2) is 0 Å². The lowest BCUT2D eigenvalue weighted by molar-refractivity contribution is 0.151. The molecule has 1 spiro atoms. The van der Waals surface area contributed by atoms with Gasteiger partial charge in [-0.05, 0) is 53.4 Å². The van der Waals surface area contributed by atoms with E-state index >= 15 is 0 Å². The molecule has 6 rings (SSSR count). The first-order chi connectivity index (χ1) is 20.7. The summed E-state index contributed by atoms with van der Waals surface area (Å²) in [6.07, 6.45) is 3.82. The number of anilines is 4. The van der Waals surface area contributed by atoms with Crippen LogP contribution in [0.5, 0.6) is 6.01 Å². The van der Waals surface area contributed by atoms with Crippen molar-refractivity contribution in [3.8, 4) is 12.1 Å². The molecule has 0 aromatic carbocycles. The molecule has 0 radical (unpaired) electrons. The zero-order valence-electron chi connectivity index (χ0n) is 25.1. The van der Waals surface area contributed by atoms with Gasteiger partial charge in [-0.1, -0.05) is 6.07 Å². The van der Waals surface area contributed by atoms with Gasteiger partial charge in [-0.3, -0.25) is 0 Å². The Labute approximate surface area is 260 Å². The second-order valence-corrected chi connectivity index (χ2v) is 14.4. The molecule has 0 bridgehead atoms. The molecule has 12 nitrogen and oxygen atoms in total. The molecule has 3 aromatic heterocycles. The van der Waals surface area contributed by atoms with Gasteiger partial charge < -0.3 is 36.2 Å². The minimum Gasteiger partial charge on any atom is -0.461 e. The van der Waals surface area contributed by atoms with Crippen molar-refractivity contribution in [2.24, 2.45) is 0 Å². The summed E-state index contributed by atoms with van der Waals surface area (Å²) in [6.45, 7) is 8.43. The normalized spacial score (nSPS) is 21.1. The van der Waals surface area contributed by atoms with E-state index in [9.17, 15) is 5.26 Å². The van der Waals surface area contributed by atoms with Crippen molar-refractivity contribution in [3.63, 3.8) is 0 Å². The van der Waals surface area contributed by atoms with E-state index < -0.39 is 0 Å². The van der Waals surface area contributed by atoms with E-state index in [1.165, 1.54) is 16.2 Å². The minimum absolute atomic E-state index is 0.124. The highest BCUT2D eigenvalue weighted by atomic mass is 32.2. The molecule has 3 aliphatic rings. The molecule has 2 saturated heterocycles. The number of fused-ring (bicyclic) bond motifs is 2. The molecular weight excluding hydrogens is 583 g/mol. The number of nitrogens with zero attached hydrogens (tertiary/aromatic N) is 8. The Morgan fingerprint density at radius 3 is 2.74 bits per heavy atom. The lowest BCUT2D eigenvalue weighted by Gasteiger charge is -2.47. The van der Waals surface area contributed by atoms with Crippen LogP contribution in [0, 0.1) is 11.3 Å². The second kappa shape index (κ2) is 11.6. The SMILES string of the molecule is CCN(c1nc(OCC2(CN(C)C)CCCN2)nc(N2CC3(C2)SCc2sc(N)c(C#N)c23)n1)[C@H](C)c1cccnc1N. The summed E-state index contributed by atoms with van der Waals surface area (Å²) in [6, 6.07) is 6.40. The number of nitrogens with two attached hydrogens (primary N) is 2.